The van der Waals surface area contributed by atoms with Crippen molar-refractivity contribution >= 4 is 0 Å². The van der Waals surface area contributed by atoms with Crippen molar-refractivity contribution in [1.29, 1.82) is 5.26 Å². The molecule has 0 aromatic heterocycles. The lowest BCUT2D eigenvalue weighted by molar-refractivity contribution is 0.185. The Kier molecular flexibility index (Phi) is 4.89. The van der Waals surface area contributed by atoms with E-state index in [0.29, 0.717) is 5.56 Å². The van der Waals surface area contributed by atoms with E-state index in [-0.39, 0.29) is 11.6 Å². The van der Waals surface area contributed by atoms with Gasteiger partial charge in [-0.05, 0) is 52.6 Å². The van der Waals surface area contributed by atoms with Crippen molar-refractivity contribution in [2.75, 3.05) is 20.6 Å². The van der Waals surface area contributed by atoms with Gasteiger partial charge in [-0.2, -0.15) is 5.26 Å². The molecule has 0 fully saturated rings. The molecule has 0 saturated heterocycles. The van der Waals surface area contributed by atoms with E-state index in [2.05, 4.69) is 51.2 Å². The van der Waals surface area contributed by atoms with Gasteiger partial charge in [0.25, 0.3) is 0 Å². The van der Waals surface area contributed by atoms with Gasteiger partial charge in [-0.1, -0.05) is 12.1 Å². The highest BCUT2D eigenvalue weighted by atomic mass is 15.2. The van der Waals surface area contributed by atoms with Crippen LogP contribution in [0.25, 0.3) is 0 Å². The van der Waals surface area contributed by atoms with Crippen LogP contribution < -0.4 is 5.32 Å². The van der Waals surface area contributed by atoms with Crippen LogP contribution in [0.5, 0.6) is 0 Å². The molecular formula is C15H23N3. The molecule has 0 radical (unpaired) electrons. The average molecular weight is 245 g/mol. The lowest BCUT2D eigenvalue weighted by atomic mass is 10.0. The summed E-state index contributed by atoms with van der Waals surface area (Å²) in [4.78, 5) is 2.21. The standard InChI is InChI=1S/C15H23N3/c1-12(17-11-15(2,3)18(4)5)14-8-6-13(10-16)7-9-14/h6-9,12,17H,11H2,1-5H3. The minimum atomic E-state index is 0.126. The van der Waals surface area contributed by atoms with Gasteiger partial charge in [-0.15, -0.1) is 0 Å². The van der Waals surface area contributed by atoms with Crippen LogP contribution in [0.2, 0.25) is 0 Å². The molecule has 1 N–H and O–H groups in total. The number of rotatable bonds is 5. The third-order valence-electron chi connectivity index (χ3n) is 3.59. The lowest BCUT2D eigenvalue weighted by Gasteiger charge is -2.34. The number of likely N-dealkylation sites (N-methyl/N-ethyl adjacent to an activating group) is 1. The number of nitrogens with one attached hydrogen (secondary N) is 1. The highest BCUT2D eigenvalue weighted by Gasteiger charge is 2.20. The van der Waals surface area contributed by atoms with Crippen molar-refractivity contribution in [3.8, 4) is 6.07 Å². The monoisotopic (exact) mass is 245 g/mol. The van der Waals surface area contributed by atoms with Gasteiger partial charge in [-0.25, -0.2) is 0 Å². The number of hydrogen-bond donors (Lipinski definition) is 1. The molecule has 0 spiro atoms. The number of benzene rings is 1. The minimum absolute atomic E-state index is 0.126. The van der Waals surface area contributed by atoms with Gasteiger partial charge in [0.15, 0.2) is 0 Å². The zero-order valence-electron chi connectivity index (χ0n) is 12.0. The first-order chi connectivity index (χ1) is 8.36. The predicted octanol–water partition coefficient (Wildman–Crippen LogP) is 2.55. The van der Waals surface area contributed by atoms with Gasteiger partial charge in [0.05, 0.1) is 11.6 Å². The second-order valence-corrected chi connectivity index (χ2v) is 5.54. The van der Waals surface area contributed by atoms with Gasteiger partial charge in [0.1, 0.15) is 0 Å². The molecule has 0 aliphatic carbocycles. The molecule has 3 heteroatoms. The molecule has 1 rings (SSSR count). The van der Waals surface area contributed by atoms with Crippen LogP contribution in [0.1, 0.15) is 37.9 Å². The molecule has 0 heterocycles. The Bertz CT molecular complexity index is 412. The molecule has 1 aromatic carbocycles. The second-order valence-electron chi connectivity index (χ2n) is 5.54. The summed E-state index contributed by atoms with van der Waals surface area (Å²) in [7, 11) is 4.18. The molecule has 18 heavy (non-hydrogen) atoms. The molecule has 3 nitrogen and oxygen atoms in total. The number of nitrogens with zero attached hydrogens (tertiary/aromatic N) is 2. The topological polar surface area (TPSA) is 39.1 Å². The molecule has 1 aromatic rings. The smallest absolute Gasteiger partial charge is 0.0991 e. The van der Waals surface area contributed by atoms with Gasteiger partial charge in [0.2, 0.25) is 0 Å². The van der Waals surface area contributed by atoms with Crippen LogP contribution in [-0.2, 0) is 0 Å². The van der Waals surface area contributed by atoms with Crippen LogP contribution in [0, 0.1) is 11.3 Å². The van der Waals surface area contributed by atoms with Crippen molar-refractivity contribution in [2.45, 2.75) is 32.4 Å². The summed E-state index contributed by atoms with van der Waals surface area (Å²) >= 11 is 0. The Morgan fingerprint density at radius 1 is 1.28 bits per heavy atom. The van der Waals surface area contributed by atoms with Gasteiger partial charge in [0, 0.05) is 18.1 Å². The van der Waals surface area contributed by atoms with E-state index in [4.69, 9.17) is 5.26 Å². The van der Waals surface area contributed by atoms with Crippen LogP contribution in [0.3, 0.4) is 0 Å². The summed E-state index contributed by atoms with van der Waals surface area (Å²) in [5, 5.41) is 12.3. The second kappa shape index (κ2) is 5.99. The Balaban J connectivity index is 2.60. The molecule has 0 bridgehead atoms. The van der Waals surface area contributed by atoms with Gasteiger partial charge < -0.3 is 10.2 Å². The summed E-state index contributed by atoms with van der Waals surface area (Å²) in [5.41, 5.74) is 2.05. The van der Waals surface area contributed by atoms with E-state index < -0.39 is 0 Å². The van der Waals surface area contributed by atoms with Crippen molar-refractivity contribution in [2.24, 2.45) is 0 Å². The molecule has 0 aliphatic rings. The fraction of sp³-hybridized carbons (Fsp3) is 0.533. The molecule has 0 aliphatic heterocycles. The molecule has 0 amide bonds. The average Bonchev–Trinajstić information content (AvgIpc) is 2.36. The van der Waals surface area contributed by atoms with E-state index >= 15 is 0 Å². The van der Waals surface area contributed by atoms with E-state index in [1.807, 2.05) is 24.3 Å². The van der Waals surface area contributed by atoms with Crippen molar-refractivity contribution in [3.63, 3.8) is 0 Å². The van der Waals surface area contributed by atoms with Gasteiger partial charge >= 0.3 is 0 Å². The summed E-state index contributed by atoms with van der Waals surface area (Å²) in [6, 6.07) is 10.2. The minimum Gasteiger partial charge on any atom is -0.308 e. The molecule has 0 saturated carbocycles. The summed E-state index contributed by atoms with van der Waals surface area (Å²) in [5.74, 6) is 0. The molecular weight excluding hydrogens is 222 g/mol. The zero-order chi connectivity index (χ0) is 13.8. The quantitative estimate of drug-likeness (QED) is 0.866. The van der Waals surface area contributed by atoms with Crippen LogP contribution in [0.15, 0.2) is 24.3 Å². The maximum absolute atomic E-state index is 8.77. The zero-order valence-corrected chi connectivity index (χ0v) is 12.0. The summed E-state index contributed by atoms with van der Waals surface area (Å²) < 4.78 is 0. The van der Waals surface area contributed by atoms with E-state index in [1.54, 1.807) is 0 Å². The van der Waals surface area contributed by atoms with Crippen molar-refractivity contribution < 1.29 is 0 Å². The summed E-state index contributed by atoms with van der Waals surface area (Å²) in [6.45, 7) is 7.49. The fourth-order valence-electron chi connectivity index (χ4n) is 1.53. The van der Waals surface area contributed by atoms with E-state index in [0.717, 1.165) is 6.54 Å². The first kappa shape index (κ1) is 14.7. The largest absolute Gasteiger partial charge is 0.308 e. The van der Waals surface area contributed by atoms with Crippen molar-refractivity contribution in [1.82, 2.24) is 10.2 Å². The third-order valence-corrected chi connectivity index (χ3v) is 3.59. The van der Waals surface area contributed by atoms with Crippen LogP contribution in [-0.4, -0.2) is 31.1 Å². The highest BCUT2D eigenvalue weighted by molar-refractivity contribution is 5.32. The van der Waals surface area contributed by atoms with Gasteiger partial charge in [-0.3, -0.25) is 0 Å². The number of hydrogen-bond acceptors (Lipinski definition) is 3. The first-order valence-electron chi connectivity index (χ1n) is 6.27. The van der Waals surface area contributed by atoms with E-state index in [1.165, 1.54) is 5.56 Å². The Labute approximate surface area is 110 Å². The Morgan fingerprint density at radius 3 is 2.28 bits per heavy atom. The molecule has 1 unspecified atom stereocenters. The maximum Gasteiger partial charge on any atom is 0.0991 e. The third kappa shape index (κ3) is 3.83. The van der Waals surface area contributed by atoms with Crippen LogP contribution >= 0.6 is 0 Å². The predicted molar refractivity (Wildman–Crippen MR) is 75.3 cm³/mol. The maximum atomic E-state index is 8.77. The van der Waals surface area contributed by atoms with E-state index in [9.17, 15) is 0 Å². The van der Waals surface area contributed by atoms with Crippen LogP contribution in [0.4, 0.5) is 0 Å². The Morgan fingerprint density at radius 2 is 1.83 bits per heavy atom. The summed E-state index contributed by atoms with van der Waals surface area (Å²) in [6.07, 6.45) is 0. The molecule has 1 atom stereocenters. The highest BCUT2D eigenvalue weighted by Crippen LogP contribution is 2.15. The first-order valence-corrected chi connectivity index (χ1v) is 6.27. The molecule has 98 valence electrons. The normalized spacial score (nSPS) is 13.4. The lowest BCUT2D eigenvalue weighted by Crippen LogP contribution is -2.47. The fourth-order valence-corrected chi connectivity index (χ4v) is 1.53. The van der Waals surface area contributed by atoms with Crippen molar-refractivity contribution in [3.05, 3.63) is 35.4 Å². The Hall–Kier alpha value is -1.37. The number of nitriles is 1. The SMILES string of the molecule is CC(NCC(C)(C)N(C)C)c1ccc(C#N)cc1.